The van der Waals surface area contributed by atoms with Gasteiger partial charge in [-0.15, -0.1) is 0 Å². The molecule has 0 aliphatic carbocycles. The van der Waals surface area contributed by atoms with Crippen molar-refractivity contribution in [2.45, 2.75) is 25.8 Å². The van der Waals surface area contributed by atoms with Crippen LogP contribution < -0.4 is 15.4 Å². The Morgan fingerprint density at radius 3 is 2.70 bits per heavy atom. The minimum atomic E-state index is 0.706. The summed E-state index contributed by atoms with van der Waals surface area (Å²) in [5, 5.41) is 6.78. The van der Waals surface area contributed by atoms with Crippen LogP contribution in [-0.2, 0) is 6.54 Å². The Balaban J connectivity index is 1.71. The van der Waals surface area contributed by atoms with Crippen LogP contribution in [0.5, 0.6) is 5.75 Å². The van der Waals surface area contributed by atoms with Gasteiger partial charge in [-0.25, -0.2) is 0 Å². The average Bonchev–Trinajstić information content (AvgIpc) is 2.59. The Labute approximate surface area is 140 Å². The highest BCUT2D eigenvalue weighted by atomic mass is 16.5. The highest BCUT2D eigenvalue weighted by Gasteiger charge is 2.16. The number of rotatable bonds is 6. The molecule has 0 saturated carbocycles. The van der Waals surface area contributed by atoms with Crippen LogP contribution in [0.1, 0.15) is 24.8 Å². The van der Waals surface area contributed by atoms with E-state index >= 15 is 0 Å². The van der Waals surface area contributed by atoms with E-state index in [2.05, 4.69) is 33.6 Å². The molecule has 1 aromatic carbocycles. The third-order valence-electron chi connectivity index (χ3n) is 4.55. The second-order valence-corrected chi connectivity index (χ2v) is 6.20. The summed E-state index contributed by atoms with van der Waals surface area (Å²) in [5.41, 5.74) is 1.13. The SMILES string of the molecule is CN=C(NCCC1CCN(C)CC1)NCc1ccccc1OC. The zero-order valence-corrected chi connectivity index (χ0v) is 14.6. The van der Waals surface area contributed by atoms with Gasteiger partial charge in [-0.2, -0.15) is 0 Å². The van der Waals surface area contributed by atoms with E-state index in [1.807, 2.05) is 25.2 Å². The van der Waals surface area contributed by atoms with Crippen molar-refractivity contribution in [3.05, 3.63) is 29.8 Å². The maximum absolute atomic E-state index is 5.38. The van der Waals surface area contributed by atoms with Gasteiger partial charge < -0.3 is 20.3 Å². The van der Waals surface area contributed by atoms with Crippen molar-refractivity contribution in [3.8, 4) is 5.75 Å². The van der Waals surface area contributed by atoms with Crippen LogP contribution in [0.15, 0.2) is 29.3 Å². The van der Waals surface area contributed by atoms with Crippen molar-refractivity contribution in [2.24, 2.45) is 10.9 Å². The Morgan fingerprint density at radius 1 is 1.26 bits per heavy atom. The number of ether oxygens (including phenoxy) is 1. The van der Waals surface area contributed by atoms with E-state index in [1.54, 1.807) is 7.11 Å². The van der Waals surface area contributed by atoms with E-state index < -0.39 is 0 Å². The van der Waals surface area contributed by atoms with Crippen molar-refractivity contribution in [2.75, 3.05) is 40.8 Å². The van der Waals surface area contributed by atoms with Gasteiger partial charge in [0.15, 0.2) is 5.96 Å². The van der Waals surface area contributed by atoms with Crippen molar-refractivity contribution in [1.82, 2.24) is 15.5 Å². The molecule has 0 amide bonds. The third-order valence-corrected chi connectivity index (χ3v) is 4.55. The molecule has 0 aromatic heterocycles. The number of piperidine rings is 1. The van der Waals surface area contributed by atoms with E-state index in [-0.39, 0.29) is 0 Å². The van der Waals surface area contributed by atoms with E-state index in [1.165, 1.54) is 32.4 Å². The Kier molecular flexibility index (Phi) is 7.20. The second-order valence-electron chi connectivity index (χ2n) is 6.20. The molecule has 1 aliphatic heterocycles. The van der Waals surface area contributed by atoms with E-state index in [4.69, 9.17) is 4.74 Å². The first kappa shape index (κ1) is 17.6. The van der Waals surface area contributed by atoms with E-state index in [0.29, 0.717) is 6.54 Å². The molecule has 1 saturated heterocycles. The summed E-state index contributed by atoms with van der Waals surface area (Å²) in [6, 6.07) is 8.05. The van der Waals surface area contributed by atoms with Crippen LogP contribution in [-0.4, -0.2) is 51.7 Å². The van der Waals surface area contributed by atoms with Gasteiger partial charge in [-0.3, -0.25) is 4.99 Å². The lowest BCUT2D eigenvalue weighted by Gasteiger charge is -2.29. The number of nitrogens with one attached hydrogen (secondary N) is 2. The fourth-order valence-corrected chi connectivity index (χ4v) is 2.99. The summed E-state index contributed by atoms with van der Waals surface area (Å²) in [5.74, 6) is 2.59. The second kappa shape index (κ2) is 9.40. The van der Waals surface area contributed by atoms with Gasteiger partial charge in [0.05, 0.1) is 7.11 Å². The molecule has 0 atom stereocenters. The van der Waals surface area contributed by atoms with E-state index in [0.717, 1.165) is 29.7 Å². The summed E-state index contributed by atoms with van der Waals surface area (Å²) >= 11 is 0. The summed E-state index contributed by atoms with van der Waals surface area (Å²) in [6.45, 7) is 4.13. The number of nitrogens with zero attached hydrogens (tertiary/aromatic N) is 2. The first-order valence-corrected chi connectivity index (χ1v) is 8.48. The Bertz CT molecular complexity index is 496. The smallest absolute Gasteiger partial charge is 0.191 e. The van der Waals surface area contributed by atoms with Gasteiger partial charge in [0.2, 0.25) is 0 Å². The lowest BCUT2D eigenvalue weighted by molar-refractivity contribution is 0.213. The third kappa shape index (κ3) is 5.75. The molecule has 2 N–H and O–H groups in total. The minimum absolute atomic E-state index is 0.706. The van der Waals surface area contributed by atoms with Crippen LogP contribution >= 0.6 is 0 Å². The van der Waals surface area contributed by atoms with Gasteiger partial charge in [-0.05, 0) is 51.4 Å². The van der Waals surface area contributed by atoms with Gasteiger partial charge >= 0.3 is 0 Å². The number of hydrogen-bond donors (Lipinski definition) is 2. The fraction of sp³-hybridized carbons (Fsp3) is 0.611. The quantitative estimate of drug-likeness (QED) is 0.623. The summed E-state index contributed by atoms with van der Waals surface area (Å²) in [4.78, 5) is 6.71. The van der Waals surface area contributed by atoms with Crippen LogP contribution in [0.3, 0.4) is 0 Å². The van der Waals surface area contributed by atoms with Crippen LogP contribution in [0, 0.1) is 5.92 Å². The first-order chi connectivity index (χ1) is 11.2. The zero-order valence-electron chi connectivity index (χ0n) is 14.6. The molecule has 1 fully saturated rings. The number of hydrogen-bond acceptors (Lipinski definition) is 3. The predicted molar refractivity (Wildman–Crippen MR) is 96.0 cm³/mol. The number of para-hydroxylation sites is 1. The number of likely N-dealkylation sites (tertiary alicyclic amines) is 1. The minimum Gasteiger partial charge on any atom is -0.496 e. The Morgan fingerprint density at radius 2 is 2.00 bits per heavy atom. The molecule has 0 spiro atoms. The molecule has 5 heteroatoms. The molecule has 0 bridgehead atoms. The molecule has 0 radical (unpaired) electrons. The number of guanidine groups is 1. The lowest BCUT2D eigenvalue weighted by atomic mass is 9.94. The van der Waals surface area contributed by atoms with Crippen LogP contribution in [0.4, 0.5) is 0 Å². The molecule has 1 heterocycles. The zero-order chi connectivity index (χ0) is 16.5. The van der Waals surface area contributed by atoms with Crippen molar-refractivity contribution >= 4 is 5.96 Å². The molecular formula is C18H30N4O. The topological polar surface area (TPSA) is 48.9 Å². The summed E-state index contributed by atoms with van der Waals surface area (Å²) in [6.07, 6.45) is 3.83. The summed E-state index contributed by atoms with van der Waals surface area (Å²) in [7, 11) is 5.72. The normalized spacial score (nSPS) is 17.1. The van der Waals surface area contributed by atoms with Crippen molar-refractivity contribution < 1.29 is 4.74 Å². The van der Waals surface area contributed by atoms with Gasteiger partial charge in [0.25, 0.3) is 0 Å². The average molecular weight is 318 g/mol. The van der Waals surface area contributed by atoms with Crippen LogP contribution in [0.25, 0.3) is 0 Å². The number of benzene rings is 1. The summed E-state index contributed by atoms with van der Waals surface area (Å²) < 4.78 is 5.38. The lowest BCUT2D eigenvalue weighted by Crippen LogP contribution is -2.38. The molecule has 23 heavy (non-hydrogen) atoms. The van der Waals surface area contributed by atoms with E-state index in [9.17, 15) is 0 Å². The predicted octanol–water partition coefficient (Wildman–Crippen LogP) is 2.09. The molecule has 5 nitrogen and oxygen atoms in total. The fourth-order valence-electron chi connectivity index (χ4n) is 2.99. The molecular weight excluding hydrogens is 288 g/mol. The number of aliphatic imine (C=N–C) groups is 1. The highest BCUT2D eigenvalue weighted by molar-refractivity contribution is 5.79. The van der Waals surface area contributed by atoms with Crippen LogP contribution in [0.2, 0.25) is 0 Å². The Hall–Kier alpha value is -1.75. The monoisotopic (exact) mass is 318 g/mol. The highest BCUT2D eigenvalue weighted by Crippen LogP contribution is 2.19. The molecule has 1 aromatic rings. The standard InChI is InChI=1S/C18H30N4O/c1-19-18(20-11-8-15-9-12-22(2)13-10-15)21-14-16-6-4-5-7-17(16)23-3/h4-7,15H,8-14H2,1-3H3,(H2,19,20,21). The first-order valence-electron chi connectivity index (χ1n) is 8.48. The van der Waals surface area contributed by atoms with Crippen molar-refractivity contribution in [3.63, 3.8) is 0 Å². The molecule has 1 aliphatic rings. The largest absolute Gasteiger partial charge is 0.496 e. The molecule has 0 unspecified atom stereocenters. The maximum Gasteiger partial charge on any atom is 0.191 e. The molecule has 128 valence electrons. The van der Waals surface area contributed by atoms with Gasteiger partial charge in [0, 0.05) is 25.7 Å². The number of methoxy groups -OCH3 is 1. The molecule has 2 rings (SSSR count). The van der Waals surface area contributed by atoms with Gasteiger partial charge in [-0.1, -0.05) is 18.2 Å². The van der Waals surface area contributed by atoms with Gasteiger partial charge in [0.1, 0.15) is 5.75 Å². The van der Waals surface area contributed by atoms with Crippen molar-refractivity contribution in [1.29, 1.82) is 0 Å². The maximum atomic E-state index is 5.38.